The van der Waals surface area contributed by atoms with Crippen molar-refractivity contribution >= 4 is 11.0 Å². The van der Waals surface area contributed by atoms with E-state index in [9.17, 15) is 0 Å². The standard InChI is InChI=1S/C17H17N3O/c1-21-12-6-4-5-11(9-12)17-18-10-15-16(20-17)13-7-2-3-8-14(13)19-15/h4-6,9-10,19H,2-3,7-8H2,1H3. The highest BCUT2D eigenvalue weighted by Crippen LogP contribution is 2.29. The zero-order valence-electron chi connectivity index (χ0n) is 12.0. The van der Waals surface area contributed by atoms with Gasteiger partial charge in [-0.3, -0.25) is 0 Å². The van der Waals surface area contributed by atoms with Gasteiger partial charge in [0, 0.05) is 11.3 Å². The maximum absolute atomic E-state index is 5.28. The summed E-state index contributed by atoms with van der Waals surface area (Å²) in [6.07, 6.45) is 6.65. The number of aromatic amines is 1. The summed E-state index contributed by atoms with van der Waals surface area (Å²) in [5.41, 5.74) is 5.84. The molecular formula is C17H17N3O. The minimum Gasteiger partial charge on any atom is -0.497 e. The Morgan fingerprint density at radius 1 is 1.19 bits per heavy atom. The number of H-pyrrole nitrogens is 1. The van der Waals surface area contributed by atoms with Crippen LogP contribution >= 0.6 is 0 Å². The van der Waals surface area contributed by atoms with Crippen LogP contribution in [0, 0.1) is 0 Å². The molecule has 0 saturated heterocycles. The van der Waals surface area contributed by atoms with Gasteiger partial charge < -0.3 is 9.72 Å². The van der Waals surface area contributed by atoms with Crippen molar-refractivity contribution in [2.45, 2.75) is 25.7 Å². The Bertz CT molecular complexity index is 807. The van der Waals surface area contributed by atoms with Crippen molar-refractivity contribution in [3.8, 4) is 17.1 Å². The number of nitrogens with zero attached hydrogens (tertiary/aromatic N) is 2. The molecule has 106 valence electrons. The summed E-state index contributed by atoms with van der Waals surface area (Å²) >= 11 is 0. The fourth-order valence-corrected chi connectivity index (χ4v) is 3.07. The minimum atomic E-state index is 0.758. The first-order chi connectivity index (χ1) is 10.3. The minimum absolute atomic E-state index is 0.758. The molecule has 2 aromatic heterocycles. The van der Waals surface area contributed by atoms with Crippen molar-refractivity contribution in [1.82, 2.24) is 15.0 Å². The predicted molar refractivity (Wildman–Crippen MR) is 82.5 cm³/mol. The highest BCUT2D eigenvalue weighted by molar-refractivity contribution is 5.82. The molecule has 0 amide bonds. The average molecular weight is 279 g/mol. The average Bonchev–Trinajstić information content (AvgIpc) is 2.92. The number of ether oxygens (including phenoxy) is 1. The molecule has 4 heteroatoms. The molecule has 1 aliphatic carbocycles. The van der Waals surface area contributed by atoms with E-state index in [4.69, 9.17) is 9.72 Å². The van der Waals surface area contributed by atoms with Crippen molar-refractivity contribution in [3.05, 3.63) is 41.7 Å². The highest BCUT2D eigenvalue weighted by Gasteiger charge is 2.17. The maximum Gasteiger partial charge on any atom is 0.160 e. The molecule has 0 atom stereocenters. The van der Waals surface area contributed by atoms with Crippen LogP contribution in [0.3, 0.4) is 0 Å². The van der Waals surface area contributed by atoms with Gasteiger partial charge in [0.05, 0.1) is 24.3 Å². The molecule has 21 heavy (non-hydrogen) atoms. The molecule has 2 heterocycles. The Morgan fingerprint density at radius 2 is 2.10 bits per heavy atom. The van der Waals surface area contributed by atoms with Crippen LogP contribution in [0.25, 0.3) is 22.4 Å². The molecule has 1 N–H and O–H groups in total. The Hall–Kier alpha value is -2.36. The first-order valence-corrected chi connectivity index (χ1v) is 7.36. The number of aryl methyl sites for hydroxylation is 2. The van der Waals surface area contributed by atoms with Crippen molar-refractivity contribution in [1.29, 1.82) is 0 Å². The summed E-state index contributed by atoms with van der Waals surface area (Å²) in [6, 6.07) is 7.89. The monoisotopic (exact) mass is 279 g/mol. The lowest BCUT2D eigenvalue weighted by Gasteiger charge is -2.10. The maximum atomic E-state index is 5.28. The van der Waals surface area contributed by atoms with Crippen LogP contribution in [0.2, 0.25) is 0 Å². The molecule has 0 radical (unpaired) electrons. The SMILES string of the molecule is COc1cccc(-c2ncc3[nH]c4c(c3n2)CCCC4)c1. The van der Waals surface area contributed by atoms with Gasteiger partial charge in [0.15, 0.2) is 5.82 Å². The first-order valence-electron chi connectivity index (χ1n) is 7.36. The van der Waals surface area contributed by atoms with Gasteiger partial charge in [-0.2, -0.15) is 0 Å². The van der Waals surface area contributed by atoms with E-state index in [0.29, 0.717) is 0 Å². The van der Waals surface area contributed by atoms with Crippen LogP contribution in [0.4, 0.5) is 0 Å². The van der Waals surface area contributed by atoms with Gasteiger partial charge in [-0.1, -0.05) is 12.1 Å². The second-order valence-electron chi connectivity index (χ2n) is 5.48. The summed E-state index contributed by atoms with van der Waals surface area (Å²) in [7, 11) is 1.67. The van der Waals surface area contributed by atoms with E-state index >= 15 is 0 Å². The van der Waals surface area contributed by atoms with Gasteiger partial charge in [0.25, 0.3) is 0 Å². The normalized spacial score (nSPS) is 14.1. The molecule has 0 bridgehead atoms. The fraction of sp³-hybridized carbons (Fsp3) is 0.294. The van der Waals surface area contributed by atoms with E-state index in [2.05, 4.69) is 9.97 Å². The number of nitrogens with one attached hydrogen (secondary N) is 1. The number of rotatable bonds is 2. The lowest BCUT2D eigenvalue weighted by Crippen LogP contribution is -2.00. The first kappa shape index (κ1) is 12.4. The third-order valence-electron chi connectivity index (χ3n) is 4.16. The summed E-state index contributed by atoms with van der Waals surface area (Å²) in [6.45, 7) is 0. The van der Waals surface area contributed by atoms with E-state index in [1.54, 1.807) is 7.11 Å². The van der Waals surface area contributed by atoms with E-state index in [0.717, 1.165) is 41.0 Å². The quantitative estimate of drug-likeness (QED) is 0.781. The van der Waals surface area contributed by atoms with Crippen LogP contribution < -0.4 is 4.74 Å². The smallest absolute Gasteiger partial charge is 0.160 e. The molecule has 3 aromatic rings. The number of methoxy groups -OCH3 is 1. The van der Waals surface area contributed by atoms with Gasteiger partial charge >= 0.3 is 0 Å². The van der Waals surface area contributed by atoms with Gasteiger partial charge in [-0.15, -0.1) is 0 Å². The number of aromatic nitrogens is 3. The number of fused-ring (bicyclic) bond motifs is 3. The van der Waals surface area contributed by atoms with Crippen LogP contribution in [-0.2, 0) is 12.8 Å². The molecule has 4 nitrogen and oxygen atoms in total. The number of hydrogen-bond donors (Lipinski definition) is 1. The summed E-state index contributed by atoms with van der Waals surface area (Å²) in [5.74, 6) is 1.58. The highest BCUT2D eigenvalue weighted by atomic mass is 16.5. The lowest BCUT2D eigenvalue weighted by molar-refractivity contribution is 0.415. The Balaban J connectivity index is 1.86. The summed E-state index contributed by atoms with van der Waals surface area (Å²) < 4.78 is 5.28. The summed E-state index contributed by atoms with van der Waals surface area (Å²) in [5, 5.41) is 0. The second-order valence-corrected chi connectivity index (χ2v) is 5.48. The molecular weight excluding hydrogens is 262 g/mol. The fourth-order valence-electron chi connectivity index (χ4n) is 3.07. The number of hydrogen-bond acceptors (Lipinski definition) is 3. The van der Waals surface area contributed by atoms with E-state index in [-0.39, 0.29) is 0 Å². The van der Waals surface area contributed by atoms with E-state index < -0.39 is 0 Å². The zero-order valence-corrected chi connectivity index (χ0v) is 12.0. The van der Waals surface area contributed by atoms with Gasteiger partial charge in [0.2, 0.25) is 0 Å². The van der Waals surface area contributed by atoms with Gasteiger partial charge in [-0.05, 0) is 43.4 Å². The second kappa shape index (κ2) is 4.88. The molecule has 0 unspecified atom stereocenters. The summed E-state index contributed by atoms with van der Waals surface area (Å²) in [4.78, 5) is 12.8. The molecule has 4 rings (SSSR count). The zero-order chi connectivity index (χ0) is 14.2. The molecule has 1 aromatic carbocycles. The third kappa shape index (κ3) is 2.07. The Morgan fingerprint density at radius 3 is 3.00 bits per heavy atom. The third-order valence-corrected chi connectivity index (χ3v) is 4.16. The molecule has 0 aliphatic heterocycles. The Labute approximate surface area is 123 Å². The molecule has 0 spiro atoms. The van der Waals surface area contributed by atoms with Crippen molar-refractivity contribution in [2.24, 2.45) is 0 Å². The lowest BCUT2D eigenvalue weighted by atomic mass is 9.97. The van der Waals surface area contributed by atoms with Gasteiger partial charge in [-0.25, -0.2) is 9.97 Å². The Kier molecular flexibility index (Phi) is 2.88. The largest absolute Gasteiger partial charge is 0.497 e. The van der Waals surface area contributed by atoms with E-state index in [1.165, 1.54) is 24.1 Å². The molecule has 0 saturated carbocycles. The van der Waals surface area contributed by atoms with Crippen LogP contribution in [0.5, 0.6) is 5.75 Å². The van der Waals surface area contributed by atoms with Crippen molar-refractivity contribution < 1.29 is 4.74 Å². The molecule has 0 fully saturated rings. The topological polar surface area (TPSA) is 50.8 Å². The van der Waals surface area contributed by atoms with E-state index in [1.807, 2.05) is 30.5 Å². The van der Waals surface area contributed by atoms with Crippen LogP contribution in [-0.4, -0.2) is 22.1 Å². The molecule has 1 aliphatic rings. The van der Waals surface area contributed by atoms with Crippen molar-refractivity contribution in [2.75, 3.05) is 7.11 Å². The van der Waals surface area contributed by atoms with Crippen LogP contribution in [0.1, 0.15) is 24.1 Å². The van der Waals surface area contributed by atoms with Gasteiger partial charge in [0.1, 0.15) is 5.75 Å². The van der Waals surface area contributed by atoms with Crippen LogP contribution in [0.15, 0.2) is 30.5 Å². The predicted octanol–water partition coefficient (Wildman–Crippen LogP) is 3.51. The number of benzene rings is 1. The van der Waals surface area contributed by atoms with Crippen molar-refractivity contribution in [3.63, 3.8) is 0 Å².